The molecule has 0 aliphatic heterocycles. The minimum atomic E-state index is -4.00. The highest BCUT2D eigenvalue weighted by atomic mass is 32.2. The highest BCUT2D eigenvalue weighted by Crippen LogP contribution is 2.21. The van der Waals surface area contributed by atoms with Gasteiger partial charge in [0.2, 0.25) is 26.0 Å². The predicted octanol–water partition coefficient (Wildman–Crippen LogP) is 1.87. The van der Waals surface area contributed by atoms with Gasteiger partial charge in [-0.2, -0.15) is 9.03 Å². The first-order valence-corrected chi connectivity index (χ1v) is 13.1. The van der Waals surface area contributed by atoms with Gasteiger partial charge in [-0.1, -0.05) is 31.1 Å². The van der Waals surface area contributed by atoms with Crippen LogP contribution in [0.15, 0.2) is 38.6 Å². The minimum Gasteiger partial charge on any atom is -0.360 e. The van der Waals surface area contributed by atoms with E-state index in [0.717, 1.165) is 0 Å². The Bertz CT molecular complexity index is 1130. The molecule has 1 aromatic heterocycles. The van der Waals surface area contributed by atoms with Gasteiger partial charge in [-0.05, 0) is 45.4 Å². The highest BCUT2D eigenvalue weighted by Gasteiger charge is 2.29. The van der Waals surface area contributed by atoms with Crippen LogP contribution in [0.3, 0.4) is 0 Å². The Morgan fingerprint density at radius 3 is 2.09 bits per heavy atom. The molecule has 32 heavy (non-hydrogen) atoms. The fourth-order valence-corrected chi connectivity index (χ4v) is 6.26. The molecule has 2 rings (SSSR count). The summed E-state index contributed by atoms with van der Waals surface area (Å²) < 4.78 is 59.0. The van der Waals surface area contributed by atoms with E-state index in [4.69, 9.17) is 4.52 Å². The lowest BCUT2D eigenvalue weighted by Crippen LogP contribution is -2.45. The second-order valence-corrected chi connectivity index (χ2v) is 11.0. The van der Waals surface area contributed by atoms with Gasteiger partial charge in [-0.25, -0.2) is 16.8 Å². The number of carbonyl (C=O) groups is 1. The maximum atomic E-state index is 12.6. The number of aromatic nitrogens is 1. The van der Waals surface area contributed by atoms with Gasteiger partial charge in [-0.15, -0.1) is 0 Å². The van der Waals surface area contributed by atoms with Gasteiger partial charge in [0.15, 0.2) is 5.76 Å². The number of sulfonamides is 2. The lowest BCUT2D eigenvalue weighted by molar-refractivity contribution is -0.123. The second-order valence-electron chi connectivity index (χ2n) is 7.38. The number of hydrogen-bond acceptors (Lipinski definition) is 7. The van der Waals surface area contributed by atoms with Crippen LogP contribution >= 0.6 is 0 Å². The largest absolute Gasteiger partial charge is 0.360 e. The molecule has 0 aliphatic carbocycles. The Morgan fingerprint density at radius 1 is 1.06 bits per heavy atom. The van der Waals surface area contributed by atoms with Crippen molar-refractivity contribution in [3.63, 3.8) is 0 Å². The minimum absolute atomic E-state index is 0.0878. The molecule has 0 radical (unpaired) electrons. The average molecular weight is 487 g/mol. The monoisotopic (exact) mass is 486 g/mol. The first-order valence-electron chi connectivity index (χ1n) is 10.2. The van der Waals surface area contributed by atoms with Crippen LogP contribution < -0.4 is 10.0 Å². The van der Waals surface area contributed by atoms with Crippen LogP contribution in [0.2, 0.25) is 0 Å². The molecule has 1 amide bonds. The summed E-state index contributed by atoms with van der Waals surface area (Å²) in [5.74, 6) is -0.400. The average Bonchev–Trinajstić information content (AvgIpc) is 3.07. The van der Waals surface area contributed by atoms with E-state index in [1.165, 1.54) is 37.2 Å². The zero-order chi connectivity index (χ0) is 24.3. The first kappa shape index (κ1) is 26.0. The summed E-state index contributed by atoms with van der Waals surface area (Å²) in [5.41, 5.74) is 0.883. The molecule has 0 fully saturated rings. The highest BCUT2D eigenvalue weighted by molar-refractivity contribution is 7.89. The number of aryl methyl sites for hydroxylation is 2. The van der Waals surface area contributed by atoms with Gasteiger partial charge >= 0.3 is 0 Å². The zero-order valence-corrected chi connectivity index (χ0v) is 20.7. The van der Waals surface area contributed by atoms with Crippen molar-refractivity contribution in [3.05, 3.63) is 41.3 Å². The normalized spacial score (nSPS) is 14.3. The van der Waals surface area contributed by atoms with Crippen molar-refractivity contribution < 1.29 is 26.2 Å². The molecule has 1 aromatic carbocycles. The molecule has 2 aromatic rings. The molecule has 0 saturated heterocycles. The molecule has 178 valence electrons. The quantitative estimate of drug-likeness (QED) is 0.523. The molecule has 0 spiro atoms. The van der Waals surface area contributed by atoms with Crippen molar-refractivity contribution in [3.8, 4) is 0 Å². The lowest BCUT2D eigenvalue weighted by Gasteiger charge is -2.20. The van der Waals surface area contributed by atoms with Crippen molar-refractivity contribution >= 4 is 26.0 Å². The number of amides is 1. The van der Waals surface area contributed by atoms with Crippen molar-refractivity contribution in [1.29, 1.82) is 0 Å². The van der Waals surface area contributed by atoms with Crippen molar-refractivity contribution in [2.45, 2.75) is 63.4 Å². The number of carbonyl (C=O) groups excluding carboxylic acids is 1. The van der Waals surface area contributed by atoms with Crippen molar-refractivity contribution in [2.24, 2.45) is 0 Å². The number of nitrogens with zero attached hydrogens (tertiary/aromatic N) is 2. The second kappa shape index (κ2) is 10.1. The smallest absolute Gasteiger partial charge is 0.246 e. The van der Waals surface area contributed by atoms with E-state index in [9.17, 15) is 21.6 Å². The molecule has 2 N–H and O–H groups in total. The van der Waals surface area contributed by atoms with Crippen molar-refractivity contribution in [2.75, 3.05) is 13.1 Å². The topological polar surface area (TPSA) is 139 Å². The summed E-state index contributed by atoms with van der Waals surface area (Å²) in [6.45, 7) is 10.4. The Balaban J connectivity index is 2.09. The maximum Gasteiger partial charge on any atom is 0.246 e. The van der Waals surface area contributed by atoms with Crippen LogP contribution in [-0.2, 0) is 24.8 Å². The summed E-state index contributed by atoms with van der Waals surface area (Å²) in [4.78, 5) is 12.6. The predicted molar refractivity (Wildman–Crippen MR) is 119 cm³/mol. The van der Waals surface area contributed by atoms with Gasteiger partial charge in [0.05, 0.1) is 17.0 Å². The molecule has 2 atom stereocenters. The third-order valence-electron chi connectivity index (χ3n) is 5.04. The van der Waals surface area contributed by atoms with E-state index in [1.807, 2.05) is 0 Å². The number of benzene rings is 1. The summed E-state index contributed by atoms with van der Waals surface area (Å²) >= 11 is 0. The van der Waals surface area contributed by atoms with E-state index < -0.39 is 38.0 Å². The third-order valence-corrected chi connectivity index (χ3v) is 8.89. The van der Waals surface area contributed by atoms with E-state index in [-0.39, 0.29) is 21.2 Å². The molecule has 0 aliphatic rings. The molecule has 0 saturated carbocycles. The summed E-state index contributed by atoms with van der Waals surface area (Å²) in [6, 6.07) is 4.71. The van der Waals surface area contributed by atoms with E-state index in [1.54, 1.807) is 32.9 Å². The van der Waals surface area contributed by atoms with Crippen LogP contribution in [0.25, 0.3) is 0 Å². The van der Waals surface area contributed by atoms with Crippen LogP contribution in [0.4, 0.5) is 0 Å². The van der Waals surface area contributed by atoms with Gasteiger partial charge in [0, 0.05) is 13.1 Å². The Kier molecular flexibility index (Phi) is 8.21. The molecule has 12 heteroatoms. The van der Waals surface area contributed by atoms with Crippen LogP contribution in [-0.4, -0.2) is 51.3 Å². The maximum absolute atomic E-state index is 12.6. The molecule has 1 unspecified atom stereocenters. The fourth-order valence-electron chi connectivity index (χ4n) is 3.27. The van der Waals surface area contributed by atoms with E-state index in [2.05, 4.69) is 15.2 Å². The number of rotatable bonds is 10. The standard InChI is InChI=1S/C20H30N4O6S2/c1-7-24(8-2)32(28,29)18-11-9-17(10-12-18)13(3)21-20(25)15(5)23-31(26,27)19-14(4)22-30-16(19)6/h9-13,15,23H,7-8H2,1-6H3,(H,21,25)/t13?,15-/m0/s1. The van der Waals surface area contributed by atoms with Crippen LogP contribution in [0.5, 0.6) is 0 Å². The Morgan fingerprint density at radius 2 is 1.62 bits per heavy atom. The summed E-state index contributed by atoms with van der Waals surface area (Å²) in [6.07, 6.45) is 0. The first-order chi connectivity index (χ1) is 14.8. The zero-order valence-electron chi connectivity index (χ0n) is 19.0. The summed E-state index contributed by atoms with van der Waals surface area (Å²) in [7, 11) is -7.57. The number of hydrogen-bond donors (Lipinski definition) is 2. The van der Waals surface area contributed by atoms with E-state index >= 15 is 0 Å². The molecular weight excluding hydrogens is 456 g/mol. The molecule has 1 heterocycles. The van der Waals surface area contributed by atoms with Crippen LogP contribution in [0.1, 0.15) is 50.8 Å². The molecular formula is C20H30N4O6S2. The Hall–Kier alpha value is -2.28. The SMILES string of the molecule is CCN(CC)S(=O)(=O)c1ccc(C(C)NC(=O)[C@H](C)NS(=O)(=O)c2c(C)noc2C)cc1. The lowest BCUT2D eigenvalue weighted by atomic mass is 10.1. The number of nitrogens with one attached hydrogen (secondary N) is 2. The van der Waals surface area contributed by atoms with Gasteiger partial charge in [-0.3, -0.25) is 4.79 Å². The van der Waals surface area contributed by atoms with Crippen molar-refractivity contribution in [1.82, 2.24) is 19.5 Å². The van der Waals surface area contributed by atoms with E-state index in [0.29, 0.717) is 18.7 Å². The van der Waals surface area contributed by atoms with Crippen LogP contribution in [0, 0.1) is 13.8 Å². The molecule has 10 nitrogen and oxygen atoms in total. The third kappa shape index (κ3) is 5.55. The van der Waals surface area contributed by atoms with Gasteiger partial charge in [0.25, 0.3) is 0 Å². The molecule has 0 bridgehead atoms. The van der Waals surface area contributed by atoms with Gasteiger partial charge < -0.3 is 9.84 Å². The Labute approximate surface area is 189 Å². The fraction of sp³-hybridized carbons (Fsp3) is 0.500. The van der Waals surface area contributed by atoms with Gasteiger partial charge in [0.1, 0.15) is 10.6 Å². The summed E-state index contributed by atoms with van der Waals surface area (Å²) in [5, 5.41) is 6.36.